The second-order valence-corrected chi connectivity index (χ2v) is 8.27. The molecule has 1 aromatic carbocycles. The molecule has 0 radical (unpaired) electrons. The van der Waals surface area contributed by atoms with Gasteiger partial charge >= 0.3 is 0 Å². The predicted molar refractivity (Wildman–Crippen MR) is 99.3 cm³/mol. The fraction of sp³-hybridized carbons (Fsp3) is 0.526. The molecule has 0 amide bonds. The fourth-order valence-corrected chi connectivity index (χ4v) is 3.27. The summed E-state index contributed by atoms with van der Waals surface area (Å²) in [5, 5.41) is 12.1. The lowest BCUT2D eigenvalue weighted by atomic mass is 9.96. The maximum absolute atomic E-state index is 12.9. The Morgan fingerprint density at radius 2 is 1.96 bits per heavy atom. The van der Waals surface area contributed by atoms with E-state index >= 15 is 0 Å². The number of aromatic nitrogens is 1. The molecule has 0 spiro atoms. The number of benzene rings is 1. The van der Waals surface area contributed by atoms with E-state index in [1.165, 1.54) is 12.1 Å². The van der Waals surface area contributed by atoms with E-state index in [-0.39, 0.29) is 17.8 Å². The van der Waals surface area contributed by atoms with Gasteiger partial charge in [0.1, 0.15) is 23.2 Å². The zero-order chi connectivity index (χ0) is 18.3. The summed E-state index contributed by atoms with van der Waals surface area (Å²) in [6, 6.07) is 6.00. The number of hydrogen-bond acceptors (Lipinski definition) is 5. The summed E-state index contributed by atoms with van der Waals surface area (Å²) in [6.45, 7) is 9.79. The molecule has 0 saturated carbocycles. The van der Waals surface area contributed by atoms with Crippen LogP contribution in [0.25, 0.3) is 0 Å². The van der Waals surface area contributed by atoms with Crippen LogP contribution < -0.4 is 4.74 Å². The summed E-state index contributed by atoms with van der Waals surface area (Å²) in [5.41, 5.74) is 1.21. The van der Waals surface area contributed by atoms with Crippen LogP contribution in [0, 0.1) is 11.2 Å². The van der Waals surface area contributed by atoms with Crippen LogP contribution in [0.15, 0.2) is 29.6 Å². The Morgan fingerprint density at radius 3 is 2.60 bits per heavy atom. The Morgan fingerprint density at radius 1 is 1.24 bits per heavy atom. The predicted octanol–water partition coefficient (Wildman–Crippen LogP) is 4.09. The molecular formula is C19H27FN2O2S. The second kappa shape index (κ2) is 9.27. The van der Waals surface area contributed by atoms with E-state index in [1.807, 2.05) is 0 Å². The Hall–Kier alpha value is -1.50. The Balaban J connectivity index is 1.90. The molecule has 1 N–H and O–H groups in total. The minimum Gasteiger partial charge on any atom is -0.486 e. The molecule has 25 heavy (non-hydrogen) atoms. The van der Waals surface area contributed by atoms with Crippen LogP contribution in [0.5, 0.6) is 5.75 Å². The molecular weight excluding hydrogens is 339 g/mol. The van der Waals surface area contributed by atoms with Gasteiger partial charge in [0.05, 0.1) is 5.69 Å². The van der Waals surface area contributed by atoms with Gasteiger partial charge in [0.25, 0.3) is 0 Å². The molecule has 138 valence electrons. The van der Waals surface area contributed by atoms with Gasteiger partial charge < -0.3 is 9.84 Å². The van der Waals surface area contributed by atoms with Crippen molar-refractivity contribution in [3.05, 3.63) is 46.2 Å². The molecule has 2 rings (SSSR count). The van der Waals surface area contributed by atoms with Gasteiger partial charge in [0.2, 0.25) is 0 Å². The third-order valence-corrected chi connectivity index (χ3v) is 4.36. The first-order valence-corrected chi connectivity index (χ1v) is 9.38. The van der Waals surface area contributed by atoms with E-state index in [0.717, 1.165) is 36.8 Å². The first kappa shape index (κ1) is 19.8. The number of halogens is 1. The average Bonchev–Trinajstić information content (AvgIpc) is 2.98. The maximum atomic E-state index is 12.9. The third-order valence-electron chi connectivity index (χ3n) is 3.49. The lowest BCUT2D eigenvalue weighted by Crippen LogP contribution is -2.33. The molecule has 4 nitrogen and oxygen atoms in total. The maximum Gasteiger partial charge on any atom is 0.140 e. The van der Waals surface area contributed by atoms with Crippen LogP contribution in [0.1, 0.15) is 37.9 Å². The summed E-state index contributed by atoms with van der Waals surface area (Å²) in [6.07, 6.45) is 0.765. The topological polar surface area (TPSA) is 45.6 Å². The van der Waals surface area contributed by atoms with Gasteiger partial charge in [0, 0.05) is 31.6 Å². The molecule has 0 saturated heterocycles. The minimum absolute atomic E-state index is 0.194. The summed E-state index contributed by atoms with van der Waals surface area (Å²) in [7, 11) is 0. The summed E-state index contributed by atoms with van der Waals surface area (Å²) in [4.78, 5) is 6.97. The molecule has 0 aliphatic carbocycles. The van der Waals surface area contributed by atoms with Crippen molar-refractivity contribution < 1.29 is 14.2 Å². The van der Waals surface area contributed by atoms with Crippen LogP contribution in [-0.4, -0.2) is 34.7 Å². The van der Waals surface area contributed by atoms with Crippen molar-refractivity contribution in [2.45, 2.75) is 40.3 Å². The number of rotatable bonds is 9. The average molecular weight is 367 g/mol. The van der Waals surface area contributed by atoms with E-state index in [2.05, 4.69) is 36.0 Å². The monoisotopic (exact) mass is 366 g/mol. The van der Waals surface area contributed by atoms with Crippen LogP contribution >= 0.6 is 11.3 Å². The van der Waals surface area contributed by atoms with Crippen molar-refractivity contribution in [2.75, 3.05) is 19.7 Å². The zero-order valence-electron chi connectivity index (χ0n) is 15.2. The molecule has 2 aromatic rings. The number of ether oxygens (including phenoxy) is 1. The number of aliphatic hydroxyl groups excluding tert-OH is 1. The molecule has 0 bridgehead atoms. The summed E-state index contributed by atoms with van der Waals surface area (Å²) in [5.74, 6) is 0.362. The Kier molecular flexibility index (Phi) is 7.35. The fourth-order valence-electron chi connectivity index (χ4n) is 2.57. The first-order chi connectivity index (χ1) is 11.9. The number of hydrogen-bond donors (Lipinski definition) is 1. The van der Waals surface area contributed by atoms with Crippen molar-refractivity contribution in [3.63, 3.8) is 0 Å². The quantitative estimate of drug-likeness (QED) is 0.726. The van der Waals surface area contributed by atoms with Gasteiger partial charge in [0.15, 0.2) is 0 Å². The minimum atomic E-state index is -0.272. The number of thiazole rings is 1. The zero-order valence-corrected chi connectivity index (χ0v) is 16.0. The van der Waals surface area contributed by atoms with E-state index in [9.17, 15) is 4.39 Å². The lowest BCUT2D eigenvalue weighted by Gasteiger charge is -2.29. The van der Waals surface area contributed by atoms with Crippen LogP contribution in [0.3, 0.4) is 0 Å². The highest BCUT2D eigenvalue weighted by atomic mass is 32.1. The van der Waals surface area contributed by atoms with Crippen LogP contribution in [0.4, 0.5) is 4.39 Å². The molecule has 0 atom stereocenters. The van der Waals surface area contributed by atoms with Crippen molar-refractivity contribution >= 4 is 11.3 Å². The third kappa shape index (κ3) is 7.50. The van der Waals surface area contributed by atoms with Crippen LogP contribution in [-0.2, 0) is 13.2 Å². The van der Waals surface area contributed by atoms with Gasteiger partial charge in [-0.05, 0) is 36.1 Å². The van der Waals surface area contributed by atoms with Crippen molar-refractivity contribution in [1.29, 1.82) is 0 Å². The largest absolute Gasteiger partial charge is 0.486 e. The summed E-state index contributed by atoms with van der Waals surface area (Å²) >= 11 is 1.57. The van der Waals surface area contributed by atoms with Crippen molar-refractivity contribution in [3.8, 4) is 5.75 Å². The molecule has 1 aromatic heterocycles. The van der Waals surface area contributed by atoms with E-state index < -0.39 is 0 Å². The Labute approximate surface area is 153 Å². The van der Waals surface area contributed by atoms with Crippen molar-refractivity contribution in [1.82, 2.24) is 9.88 Å². The SMILES string of the molecule is CC(C)(C)CN(CCCO)Cc1csc(COc2ccc(F)cc2)n1. The number of nitrogens with zero attached hydrogens (tertiary/aromatic N) is 2. The molecule has 0 fully saturated rings. The van der Waals surface area contributed by atoms with Gasteiger partial charge in [-0.1, -0.05) is 20.8 Å². The highest BCUT2D eigenvalue weighted by Gasteiger charge is 2.17. The molecule has 0 aliphatic rings. The van der Waals surface area contributed by atoms with E-state index in [1.54, 1.807) is 23.5 Å². The highest BCUT2D eigenvalue weighted by Crippen LogP contribution is 2.20. The molecule has 6 heteroatoms. The molecule has 1 heterocycles. The van der Waals surface area contributed by atoms with E-state index in [0.29, 0.717) is 12.4 Å². The molecule has 0 unspecified atom stereocenters. The van der Waals surface area contributed by atoms with Gasteiger partial charge in [-0.3, -0.25) is 4.90 Å². The smallest absolute Gasteiger partial charge is 0.140 e. The summed E-state index contributed by atoms with van der Waals surface area (Å²) < 4.78 is 18.5. The normalized spacial score (nSPS) is 11.9. The van der Waals surface area contributed by atoms with Gasteiger partial charge in [-0.25, -0.2) is 9.37 Å². The second-order valence-electron chi connectivity index (χ2n) is 7.32. The van der Waals surface area contributed by atoms with E-state index in [4.69, 9.17) is 9.84 Å². The van der Waals surface area contributed by atoms with Crippen molar-refractivity contribution in [2.24, 2.45) is 5.41 Å². The van der Waals surface area contributed by atoms with Crippen LogP contribution in [0.2, 0.25) is 0 Å². The van der Waals surface area contributed by atoms with Gasteiger partial charge in [-0.15, -0.1) is 11.3 Å². The Bertz CT molecular complexity index is 638. The highest BCUT2D eigenvalue weighted by molar-refractivity contribution is 7.09. The standard InChI is InChI=1S/C19H27FN2O2S/c1-19(2,3)14-22(9-4-10-23)11-16-13-25-18(21-16)12-24-17-7-5-15(20)6-8-17/h5-8,13,23H,4,9-12,14H2,1-3H3. The molecule has 0 aliphatic heterocycles. The van der Waals surface area contributed by atoms with Gasteiger partial charge in [-0.2, -0.15) is 0 Å². The number of aliphatic hydroxyl groups is 1. The first-order valence-electron chi connectivity index (χ1n) is 8.50. The lowest BCUT2D eigenvalue weighted by molar-refractivity contribution is 0.164.